The van der Waals surface area contributed by atoms with Gasteiger partial charge in [-0.25, -0.2) is 9.80 Å². The number of hydrogen-bond donors (Lipinski definition) is 1. The lowest BCUT2D eigenvalue weighted by Gasteiger charge is -2.34. The second-order valence-electron chi connectivity index (χ2n) is 8.21. The van der Waals surface area contributed by atoms with Crippen molar-refractivity contribution in [2.45, 2.75) is 51.8 Å². The highest BCUT2D eigenvalue weighted by Crippen LogP contribution is 2.38. The lowest BCUT2D eigenvalue weighted by molar-refractivity contribution is -0.0157. The van der Waals surface area contributed by atoms with Crippen molar-refractivity contribution in [2.75, 3.05) is 0 Å². The molecule has 0 atom stereocenters. The zero-order chi connectivity index (χ0) is 20.6. The molecule has 1 aliphatic heterocycles. The van der Waals surface area contributed by atoms with Gasteiger partial charge in [-0.05, 0) is 44.4 Å². The SMILES string of the molecule is Cc1cc(C)cc(CN2NC3(CCC(C(=O)c4cccc(Cl)c4)CC3)OC2=O)c1. The number of halogens is 1. The predicted molar refractivity (Wildman–Crippen MR) is 112 cm³/mol. The monoisotopic (exact) mass is 412 g/mol. The fourth-order valence-corrected chi connectivity index (χ4v) is 4.61. The Kier molecular flexibility index (Phi) is 5.36. The van der Waals surface area contributed by atoms with Gasteiger partial charge in [0.1, 0.15) is 0 Å². The Balaban J connectivity index is 1.39. The van der Waals surface area contributed by atoms with Gasteiger partial charge in [-0.3, -0.25) is 4.79 Å². The third kappa shape index (κ3) is 4.31. The molecule has 29 heavy (non-hydrogen) atoms. The minimum absolute atomic E-state index is 0.0759. The molecular weight excluding hydrogens is 388 g/mol. The van der Waals surface area contributed by atoms with Gasteiger partial charge in [-0.1, -0.05) is 53.1 Å². The van der Waals surface area contributed by atoms with Crippen LogP contribution in [0.4, 0.5) is 4.79 Å². The molecule has 2 aromatic carbocycles. The first-order valence-electron chi connectivity index (χ1n) is 9.99. The smallest absolute Gasteiger partial charge is 0.425 e. The zero-order valence-electron chi connectivity index (χ0n) is 16.7. The van der Waals surface area contributed by atoms with E-state index >= 15 is 0 Å². The largest absolute Gasteiger partial charge is 0.426 e. The third-order valence-electron chi connectivity index (χ3n) is 5.74. The topological polar surface area (TPSA) is 58.6 Å². The zero-order valence-corrected chi connectivity index (χ0v) is 17.5. The molecule has 0 radical (unpaired) electrons. The molecule has 152 valence electrons. The summed E-state index contributed by atoms with van der Waals surface area (Å²) < 4.78 is 5.73. The first-order chi connectivity index (χ1) is 13.8. The number of Topliss-reactive ketones (excluding diaryl/α,β-unsaturated/α-hetero) is 1. The molecule has 1 heterocycles. The van der Waals surface area contributed by atoms with Crippen molar-refractivity contribution in [2.24, 2.45) is 5.92 Å². The van der Waals surface area contributed by atoms with E-state index in [2.05, 4.69) is 23.6 Å². The molecule has 0 bridgehead atoms. The van der Waals surface area contributed by atoms with E-state index in [1.165, 1.54) is 11.1 Å². The summed E-state index contributed by atoms with van der Waals surface area (Å²) in [5, 5.41) is 2.12. The van der Waals surface area contributed by atoms with Crippen molar-refractivity contribution in [1.29, 1.82) is 0 Å². The summed E-state index contributed by atoms with van der Waals surface area (Å²) in [4.78, 5) is 25.2. The molecule has 1 spiro atoms. The number of amides is 1. The van der Waals surface area contributed by atoms with Gasteiger partial charge in [0.2, 0.25) is 0 Å². The number of benzene rings is 2. The summed E-state index contributed by atoms with van der Waals surface area (Å²) in [6.45, 7) is 4.55. The van der Waals surface area contributed by atoms with E-state index in [1.807, 2.05) is 13.8 Å². The van der Waals surface area contributed by atoms with Crippen molar-refractivity contribution in [3.8, 4) is 0 Å². The van der Waals surface area contributed by atoms with Crippen LogP contribution in [-0.2, 0) is 11.3 Å². The molecule has 0 aromatic heterocycles. The molecule has 1 amide bonds. The second kappa shape index (κ2) is 7.81. The summed E-state index contributed by atoms with van der Waals surface area (Å²) in [7, 11) is 0. The van der Waals surface area contributed by atoms with Crippen molar-refractivity contribution in [3.63, 3.8) is 0 Å². The van der Waals surface area contributed by atoms with Crippen molar-refractivity contribution in [1.82, 2.24) is 10.4 Å². The Morgan fingerprint density at radius 3 is 2.52 bits per heavy atom. The highest BCUT2D eigenvalue weighted by molar-refractivity contribution is 6.31. The van der Waals surface area contributed by atoms with Crippen LogP contribution in [0.3, 0.4) is 0 Å². The number of ether oxygens (including phenoxy) is 1. The average molecular weight is 413 g/mol. The van der Waals surface area contributed by atoms with Crippen LogP contribution in [0.5, 0.6) is 0 Å². The molecule has 1 saturated carbocycles. The van der Waals surface area contributed by atoms with Crippen LogP contribution in [0.25, 0.3) is 0 Å². The lowest BCUT2D eigenvalue weighted by atomic mass is 9.80. The summed E-state index contributed by atoms with van der Waals surface area (Å²) in [6.07, 6.45) is 2.20. The lowest BCUT2D eigenvalue weighted by Crippen LogP contribution is -2.49. The van der Waals surface area contributed by atoms with Crippen LogP contribution < -0.4 is 5.43 Å². The maximum atomic E-state index is 12.8. The molecule has 2 aromatic rings. The van der Waals surface area contributed by atoms with Gasteiger partial charge in [0, 0.05) is 29.3 Å². The number of hydrogen-bond acceptors (Lipinski definition) is 4. The van der Waals surface area contributed by atoms with Gasteiger partial charge in [0.05, 0.1) is 6.54 Å². The van der Waals surface area contributed by atoms with E-state index < -0.39 is 5.72 Å². The summed E-state index contributed by atoms with van der Waals surface area (Å²) in [5.74, 6) is 0.0341. The van der Waals surface area contributed by atoms with Gasteiger partial charge in [0.25, 0.3) is 0 Å². The summed E-state index contributed by atoms with van der Waals surface area (Å²) in [6, 6.07) is 13.3. The van der Waals surface area contributed by atoms with Crippen molar-refractivity contribution >= 4 is 23.5 Å². The number of ketones is 1. The van der Waals surface area contributed by atoms with E-state index in [0.29, 0.717) is 42.8 Å². The maximum absolute atomic E-state index is 12.8. The first-order valence-corrected chi connectivity index (χ1v) is 10.4. The van der Waals surface area contributed by atoms with Crippen LogP contribution in [0.15, 0.2) is 42.5 Å². The fourth-order valence-electron chi connectivity index (χ4n) is 4.42. The molecule has 5 nitrogen and oxygen atoms in total. The van der Waals surface area contributed by atoms with Gasteiger partial charge in [-0.15, -0.1) is 0 Å². The number of carbonyl (C=O) groups is 2. The molecule has 0 unspecified atom stereocenters. The summed E-state index contributed by atoms with van der Waals surface area (Å²) >= 11 is 6.02. The fraction of sp³-hybridized carbons (Fsp3) is 0.391. The Hall–Kier alpha value is -2.37. The standard InChI is InChI=1S/C23H25ClN2O3/c1-15-10-16(2)12-17(11-15)14-26-22(28)29-23(25-26)8-6-18(7-9-23)21(27)19-4-3-5-20(24)13-19/h3-5,10-13,18,25H,6-9,14H2,1-2H3. The van der Waals surface area contributed by atoms with E-state index in [9.17, 15) is 9.59 Å². The number of aryl methyl sites for hydroxylation is 2. The number of hydrazine groups is 1. The Bertz CT molecular complexity index is 931. The van der Waals surface area contributed by atoms with Crippen LogP contribution in [-0.4, -0.2) is 22.6 Å². The highest BCUT2D eigenvalue weighted by Gasteiger charge is 2.47. The van der Waals surface area contributed by atoms with Crippen LogP contribution in [0.1, 0.15) is 52.7 Å². The molecule has 6 heteroatoms. The van der Waals surface area contributed by atoms with Crippen LogP contribution in [0, 0.1) is 19.8 Å². The number of nitrogens with zero attached hydrogens (tertiary/aromatic N) is 1. The Labute approximate surface area is 176 Å². The quantitative estimate of drug-likeness (QED) is 0.702. The molecule has 4 rings (SSSR count). The molecule has 1 N–H and O–H groups in total. The molecular formula is C23H25ClN2O3. The number of nitrogens with one attached hydrogen (secondary N) is 1. The summed E-state index contributed by atoms with van der Waals surface area (Å²) in [5.41, 5.74) is 6.62. The van der Waals surface area contributed by atoms with E-state index in [-0.39, 0.29) is 17.8 Å². The number of rotatable bonds is 4. The van der Waals surface area contributed by atoms with E-state index in [0.717, 1.165) is 5.56 Å². The molecule has 2 fully saturated rings. The van der Waals surface area contributed by atoms with Crippen LogP contribution in [0.2, 0.25) is 5.02 Å². The van der Waals surface area contributed by atoms with Crippen LogP contribution >= 0.6 is 11.6 Å². The molecule has 2 aliphatic rings. The molecule has 1 aliphatic carbocycles. The van der Waals surface area contributed by atoms with Crippen molar-refractivity contribution < 1.29 is 14.3 Å². The Morgan fingerprint density at radius 2 is 1.86 bits per heavy atom. The van der Waals surface area contributed by atoms with E-state index in [4.69, 9.17) is 16.3 Å². The second-order valence-corrected chi connectivity index (χ2v) is 8.64. The van der Waals surface area contributed by atoms with Gasteiger partial charge >= 0.3 is 6.09 Å². The average Bonchev–Trinajstić information content (AvgIpc) is 2.95. The third-order valence-corrected chi connectivity index (χ3v) is 5.97. The Morgan fingerprint density at radius 1 is 1.17 bits per heavy atom. The van der Waals surface area contributed by atoms with Crippen molar-refractivity contribution in [3.05, 3.63) is 69.7 Å². The minimum atomic E-state index is -0.707. The highest BCUT2D eigenvalue weighted by atomic mass is 35.5. The van der Waals surface area contributed by atoms with Gasteiger partial charge < -0.3 is 4.74 Å². The van der Waals surface area contributed by atoms with Gasteiger partial charge in [0.15, 0.2) is 11.5 Å². The predicted octanol–water partition coefficient (Wildman–Crippen LogP) is 5.18. The normalized spacial score (nSPS) is 24.0. The minimum Gasteiger partial charge on any atom is -0.425 e. The van der Waals surface area contributed by atoms with Gasteiger partial charge in [-0.2, -0.15) is 5.43 Å². The number of carbonyl (C=O) groups excluding carboxylic acids is 2. The first kappa shape index (κ1) is 19.9. The van der Waals surface area contributed by atoms with E-state index in [1.54, 1.807) is 29.3 Å². The maximum Gasteiger partial charge on any atom is 0.426 e. The molecule has 1 saturated heterocycles.